The zero-order valence-electron chi connectivity index (χ0n) is 16.9. The van der Waals surface area contributed by atoms with Gasteiger partial charge in [0.1, 0.15) is 21.1 Å². The van der Waals surface area contributed by atoms with Crippen molar-refractivity contribution < 1.29 is 19.0 Å². The van der Waals surface area contributed by atoms with Gasteiger partial charge < -0.3 is 19.5 Å². The van der Waals surface area contributed by atoms with Crippen molar-refractivity contribution in [1.82, 2.24) is 9.97 Å². The van der Waals surface area contributed by atoms with Crippen LogP contribution >= 0.6 is 11.3 Å². The molecular weight excluding hydrogens is 414 g/mol. The number of benzene rings is 2. The summed E-state index contributed by atoms with van der Waals surface area (Å²) in [6.45, 7) is 3.86. The van der Waals surface area contributed by atoms with E-state index in [0.29, 0.717) is 17.2 Å². The molecule has 4 aromatic rings. The van der Waals surface area contributed by atoms with Gasteiger partial charge in [0.15, 0.2) is 17.6 Å². The number of ether oxygens (including phenoxy) is 3. The Bertz CT molecular complexity index is 1250. The number of nitrogens with one attached hydrogen (secondary N) is 1. The molecule has 0 radical (unpaired) electrons. The van der Waals surface area contributed by atoms with Crippen molar-refractivity contribution in [2.24, 2.45) is 0 Å². The Morgan fingerprint density at radius 3 is 2.90 bits per heavy atom. The van der Waals surface area contributed by atoms with Gasteiger partial charge in [-0.1, -0.05) is 23.5 Å². The summed E-state index contributed by atoms with van der Waals surface area (Å²) in [4.78, 5) is 22.7. The lowest BCUT2D eigenvalue weighted by molar-refractivity contribution is -0.122. The molecule has 1 unspecified atom stereocenters. The summed E-state index contributed by atoms with van der Waals surface area (Å²) in [7, 11) is 0. The average molecular weight is 433 g/mol. The summed E-state index contributed by atoms with van der Waals surface area (Å²) in [6.07, 6.45) is 1.06. The zero-order chi connectivity index (χ0) is 21.4. The number of carbonyl (C=O) groups excluding carboxylic acids is 1. The average Bonchev–Trinajstić information content (AvgIpc) is 3.41. The normalized spacial score (nSPS) is 13.2. The molecule has 7 nitrogen and oxygen atoms in total. The quantitative estimate of drug-likeness (QED) is 0.487. The van der Waals surface area contributed by atoms with E-state index in [4.69, 9.17) is 14.2 Å². The number of fused-ring (bicyclic) bond motifs is 2. The smallest absolute Gasteiger partial charge is 0.265 e. The lowest BCUT2D eigenvalue weighted by Crippen LogP contribution is -2.30. The molecule has 0 saturated heterocycles. The highest BCUT2D eigenvalue weighted by atomic mass is 32.1. The summed E-state index contributed by atoms with van der Waals surface area (Å²) < 4.78 is 16.5. The molecule has 31 heavy (non-hydrogen) atoms. The maximum absolute atomic E-state index is 12.8. The molecule has 0 bridgehead atoms. The van der Waals surface area contributed by atoms with Gasteiger partial charge in [0.25, 0.3) is 5.91 Å². The van der Waals surface area contributed by atoms with Gasteiger partial charge in [-0.05, 0) is 49.7 Å². The highest BCUT2D eigenvalue weighted by molar-refractivity contribution is 7.21. The minimum Gasteiger partial charge on any atom is -0.481 e. The van der Waals surface area contributed by atoms with Crippen molar-refractivity contribution >= 4 is 33.3 Å². The van der Waals surface area contributed by atoms with Gasteiger partial charge in [0.05, 0.1) is 0 Å². The lowest BCUT2D eigenvalue weighted by Gasteiger charge is -2.17. The van der Waals surface area contributed by atoms with E-state index in [1.54, 1.807) is 31.3 Å². The van der Waals surface area contributed by atoms with Crippen molar-refractivity contribution in [3.8, 4) is 27.8 Å². The predicted octanol–water partition coefficient (Wildman–Crippen LogP) is 4.80. The first-order valence-corrected chi connectivity index (χ1v) is 10.6. The van der Waals surface area contributed by atoms with Crippen LogP contribution in [-0.4, -0.2) is 28.8 Å². The summed E-state index contributed by atoms with van der Waals surface area (Å²) in [6, 6.07) is 14.8. The summed E-state index contributed by atoms with van der Waals surface area (Å²) in [5, 5.41) is 3.84. The molecule has 1 N–H and O–H groups in total. The summed E-state index contributed by atoms with van der Waals surface area (Å²) in [5.41, 5.74) is 3.48. The molecule has 1 amide bonds. The van der Waals surface area contributed by atoms with E-state index in [2.05, 4.69) is 15.3 Å². The fourth-order valence-electron chi connectivity index (χ4n) is 3.33. The van der Waals surface area contributed by atoms with E-state index < -0.39 is 6.10 Å². The summed E-state index contributed by atoms with van der Waals surface area (Å²) in [5.74, 6) is 1.57. The Morgan fingerprint density at radius 2 is 2.03 bits per heavy atom. The number of rotatable bonds is 5. The van der Waals surface area contributed by atoms with Crippen LogP contribution in [-0.2, 0) is 4.79 Å². The van der Waals surface area contributed by atoms with Crippen LogP contribution in [0.1, 0.15) is 12.5 Å². The van der Waals surface area contributed by atoms with Gasteiger partial charge in [-0.2, -0.15) is 0 Å². The topological polar surface area (TPSA) is 82.6 Å². The maximum atomic E-state index is 12.8. The van der Waals surface area contributed by atoms with Crippen LogP contribution in [0.15, 0.2) is 54.7 Å². The molecule has 2 aromatic carbocycles. The molecule has 3 heterocycles. The third kappa shape index (κ3) is 3.77. The third-order valence-electron chi connectivity index (χ3n) is 5.01. The molecule has 156 valence electrons. The largest absolute Gasteiger partial charge is 0.481 e. The Labute approximate surface area is 182 Å². The second kappa shape index (κ2) is 7.88. The number of hydrogen-bond acceptors (Lipinski definition) is 7. The van der Waals surface area contributed by atoms with Crippen molar-refractivity contribution in [2.75, 3.05) is 12.1 Å². The minimum absolute atomic E-state index is 0.190. The van der Waals surface area contributed by atoms with Crippen LogP contribution in [0.25, 0.3) is 20.9 Å². The van der Waals surface area contributed by atoms with Gasteiger partial charge in [0, 0.05) is 23.5 Å². The maximum Gasteiger partial charge on any atom is 0.265 e. The molecule has 0 aliphatic carbocycles. The van der Waals surface area contributed by atoms with Crippen molar-refractivity contribution in [3.05, 3.63) is 60.3 Å². The Hall–Kier alpha value is -3.65. The Morgan fingerprint density at radius 1 is 1.16 bits per heavy atom. The van der Waals surface area contributed by atoms with Crippen molar-refractivity contribution in [3.63, 3.8) is 0 Å². The first-order chi connectivity index (χ1) is 15.1. The molecule has 1 aliphatic heterocycles. The van der Waals surface area contributed by atoms with Crippen LogP contribution in [0.4, 0.5) is 5.69 Å². The molecule has 0 spiro atoms. The molecule has 0 fully saturated rings. The summed E-state index contributed by atoms with van der Waals surface area (Å²) >= 11 is 1.53. The number of carbonyl (C=O) groups is 1. The zero-order valence-corrected chi connectivity index (χ0v) is 17.7. The molecule has 8 heteroatoms. The fraction of sp³-hybridized carbons (Fsp3) is 0.174. The minimum atomic E-state index is -0.699. The van der Waals surface area contributed by atoms with Gasteiger partial charge >= 0.3 is 0 Å². The second-order valence-electron chi connectivity index (χ2n) is 7.09. The highest BCUT2D eigenvalue weighted by Crippen LogP contribution is 2.36. The standard InChI is InChI=1S/C23H19N3O4S/c1-13-16(22-26-18-7-4-10-24-23(18)31-22)5-3-6-17(13)25-21(27)14(2)30-15-8-9-19-20(11-15)29-12-28-19/h3-11,14H,12H2,1-2H3,(H,25,27). The second-order valence-corrected chi connectivity index (χ2v) is 8.07. The first-order valence-electron chi connectivity index (χ1n) is 9.77. The number of hydrogen-bond donors (Lipinski definition) is 1. The van der Waals surface area contributed by atoms with Crippen molar-refractivity contribution in [2.45, 2.75) is 20.0 Å². The van der Waals surface area contributed by atoms with Crippen molar-refractivity contribution in [1.29, 1.82) is 0 Å². The van der Waals surface area contributed by atoms with Crippen LogP contribution in [0.3, 0.4) is 0 Å². The molecule has 5 rings (SSSR count). The third-order valence-corrected chi connectivity index (χ3v) is 6.03. The lowest BCUT2D eigenvalue weighted by atomic mass is 10.1. The van der Waals surface area contributed by atoms with Crippen LogP contribution in [0.2, 0.25) is 0 Å². The van der Waals surface area contributed by atoms with Crippen LogP contribution in [0, 0.1) is 6.92 Å². The van der Waals surface area contributed by atoms with Gasteiger partial charge in [-0.3, -0.25) is 4.79 Å². The van der Waals surface area contributed by atoms with E-state index in [9.17, 15) is 4.79 Å². The number of amides is 1. The van der Waals surface area contributed by atoms with Gasteiger partial charge in [-0.25, -0.2) is 9.97 Å². The Balaban J connectivity index is 1.33. The number of anilines is 1. The number of thiazole rings is 1. The predicted molar refractivity (Wildman–Crippen MR) is 119 cm³/mol. The van der Waals surface area contributed by atoms with E-state index in [1.165, 1.54) is 11.3 Å². The van der Waals surface area contributed by atoms with Gasteiger partial charge in [0.2, 0.25) is 6.79 Å². The Kier molecular flexibility index (Phi) is 4.91. The fourth-order valence-corrected chi connectivity index (χ4v) is 4.32. The monoisotopic (exact) mass is 433 g/mol. The van der Waals surface area contributed by atoms with Gasteiger partial charge in [-0.15, -0.1) is 0 Å². The number of pyridine rings is 1. The van der Waals surface area contributed by atoms with E-state index in [1.807, 2.05) is 37.3 Å². The highest BCUT2D eigenvalue weighted by Gasteiger charge is 2.20. The molecule has 1 atom stereocenters. The number of nitrogens with zero attached hydrogens (tertiary/aromatic N) is 2. The molecule has 1 aliphatic rings. The van der Waals surface area contributed by atoms with Crippen LogP contribution in [0.5, 0.6) is 17.2 Å². The molecular formula is C23H19N3O4S. The van der Waals surface area contributed by atoms with E-state index >= 15 is 0 Å². The first kappa shape index (κ1) is 19.3. The SMILES string of the molecule is Cc1c(NC(=O)C(C)Oc2ccc3c(c2)OCO3)cccc1-c1nc2cccnc2s1. The molecule has 2 aromatic heterocycles. The van der Waals surface area contributed by atoms with E-state index in [-0.39, 0.29) is 12.7 Å². The van der Waals surface area contributed by atoms with Crippen LogP contribution < -0.4 is 19.5 Å². The number of aromatic nitrogens is 2. The van der Waals surface area contributed by atoms with E-state index in [0.717, 1.165) is 32.2 Å². The molecule has 0 saturated carbocycles.